The molecule has 1 N–H and O–H groups in total. The number of aliphatic hydroxyl groups is 1. The molecule has 0 aliphatic rings. The third-order valence-electron chi connectivity index (χ3n) is 3.12. The van der Waals surface area contributed by atoms with Crippen LogP contribution in [0.15, 0.2) is 24.3 Å². The van der Waals surface area contributed by atoms with Crippen LogP contribution in [0, 0.1) is 6.92 Å². The second kappa shape index (κ2) is 5.78. The van der Waals surface area contributed by atoms with Crippen molar-refractivity contribution in [2.45, 2.75) is 20.3 Å². The number of anilines is 1. The van der Waals surface area contributed by atoms with Gasteiger partial charge in [0.2, 0.25) is 0 Å². The van der Waals surface area contributed by atoms with E-state index in [0.29, 0.717) is 0 Å². The van der Waals surface area contributed by atoms with Gasteiger partial charge in [-0.3, -0.25) is 0 Å². The van der Waals surface area contributed by atoms with Crippen molar-refractivity contribution < 1.29 is 5.11 Å². The maximum Gasteiger partial charge on any atom is 0.159 e. The first-order chi connectivity index (χ1) is 8.77. The quantitative estimate of drug-likeness (QED) is 0.877. The molecule has 4 nitrogen and oxygen atoms in total. The first-order valence-corrected chi connectivity index (χ1v) is 6.35. The zero-order valence-electron chi connectivity index (χ0n) is 10.9. The Labute approximate surface area is 107 Å². The van der Waals surface area contributed by atoms with Crippen LogP contribution >= 0.6 is 0 Å². The third kappa shape index (κ3) is 2.43. The topological polar surface area (TPSA) is 49.2 Å². The van der Waals surface area contributed by atoms with E-state index in [1.807, 2.05) is 19.1 Å². The number of nitrogens with zero attached hydrogens (tertiary/aromatic N) is 3. The van der Waals surface area contributed by atoms with Crippen LogP contribution in [0.25, 0.3) is 10.8 Å². The number of aromatic nitrogens is 2. The average Bonchev–Trinajstić information content (AvgIpc) is 2.42. The van der Waals surface area contributed by atoms with E-state index in [1.54, 1.807) is 0 Å². The molecule has 0 aliphatic heterocycles. The monoisotopic (exact) mass is 245 g/mol. The summed E-state index contributed by atoms with van der Waals surface area (Å²) in [4.78, 5) is 2.16. The molecule has 0 bridgehead atoms. The highest BCUT2D eigenvalue weighted by Crippen LogP contribution is 2.25. The van der Waals surface area contributed by atoms with Crippen molar-refractivity contribution in [3.8, 4) is 0 Å². The Morgan fingerprint density at radius 2 is 1.89 bits per heavy atom. The molecular weight excluding hydrogens is 226 g/mol. The maximum atomic E-state index is 8.95. The summed E-state index contributed by atoms with van der Waals surface area (Å²) in [7, 11) is 0. The van der Waals surface area contributed by atoms with Gasteiger partial charge in [-0.15, -0.1) is 5.10 Å². The normalized spacial score (nSPS) is 10.8. The van der Waals surface area contributed by atoms with Gasteiger partial charge >= 0.3 is 0 Å². The average molecular weight is 245 g/mol. The summed E-state index contributed by atoms with van der Waals surface area (Å²) in [6.07, 6.45) is 0.748. The van der Waals surface area contributed by atoms with E-state index in [1.165, 1.54) is 0 Å². The maximum absolute atomic E-state index is 8.95. The Morgan fingerprint density at radius 1 is 1.17 bits per heavy atom. The first-order valence-electron chi connectivity index (χ1n) is 6.35. The fourth-order valence-electron chi connectivity index (χ4n) is 2.13. The lowest BCUT2D eigenvalue weighted by atomic mass is 10.1. The van der Waals surface area contributed by atoms with E-state index in [2.05, 4.69) is 34.2 Å². The fraction of sp³-hybridized carbons (Fsp3) is 0.429. The Hall–Kier alpha value is -1.68. The summed E-state index contributed by atoms with van der Waals surface area (Å²) in [6.45, 7) is 5.93. The first kappa shape index (κ1) is 12.8. The van der Waals surface area contributed by atoms with Gasteiger partial charge in [-0.2, -0.15) is 5.10 Å². The molecule has 0 saturated carbocycles. The largest absolute Gasteiger partial charge is 0.396 e. The second-order valence-corrected chi connectivity index (χ2v) is 4.31. The van der Waals surface area contributed by atoms with E-state index in [9.17, 15) is 0 Å². The van der Waals surface area contributed by atoms with Gasteiger partial charge in [0.25, 0.3) is 0 Å². The molecule has 1 aromatic heterocycles. The molecule has 0 unspecified atom stereocenters. The van der Waals surface area contributed by atoms with Crippen LogP contribution in [0.4, 0.5) is 5.82 Å². The molecule has 0 spiro atoms. The highest BCUT2D eigenvalue weighted by atomic mass is 16.3. The van der Waals surface area contributed by atoms with Gasteiger partial charge in [0.15, 0.2) is 5.82 Å². The summed E-state index contributed by atoms with van der Waals surface area (Å²) >= 11 is 0. The van der Waals surface area contributed by atoms with E-state index < -0.39 is 0 Å². The fourth-order valence-corrected chi connectivity index (χ4v) is 2.13. The molecule has 2 rings (SSSR count). The minimum absolute atomic E-state index is 0.202. The molecule has 0 saturated heterocycles. The Kier molecular flexibility index (Phi) is 4.10. The number of benzene rings is 1. The predicted octanol–water partition coefficient (Wildman–Crippen LogP) is 2.15. The molecule has 0 radical (unpaired) electrons. The Morgan fingerprint density at radius 3 is 2.56 bits per heavy atom. The van der Waals surface area contributed by atoms with Crippen molar-refractivity contribution in [1.29, 1.82) is 0 Å². The number of rotatable bonds is 5. The van der Waals surface area contributed by atoms with Gasteiger partial charge in [-0.25, -0.2) is 0 Å². The van der Waals surface area contributed by atoms with E-state index in [-0.39, 0.29) is 6.61 Å². The molecule has 1 aromatic carbocycles. The SMILES string of the molecule is CCN(CCCO)c1nnc(C)c2ccccc12. The van der Waals surface area contributed by atoms with Crippen LogP contribution in [0.5, 0.6) is 0 Å². The molecular formula is C14H19N3O. The van der Waals surface area contributed by atoms with Crippen LogP contribution in [0.3, 0.4) is 0 Å². The molecule has 0 atom stereocenters. The standard InChI is InChI=1S/C14H19N3O/c1-3-17(9-6-10-18)14-13-8-5-4-7-12(13)11(2)15-16-14/h4-5,7-8,18H,3,6,9-10H2,1-2H3. The van der Waals surface area contributed by atoms with E-state index >= 15 is 0 Å². The molecule has 0 aliphatic carbocycles. The third-order valence-corrected chi connectivity index (χ3v) is 3.12. The Bertz CT molecular complexity index is 527. The number of hydrogen-bond donors (Lipinski definition) is 1. The van der Waals surface area contributed by atoms with Crippen LogP contribution in [-0.4, -0.2) is 35.0 Å². The minimum Gasteiger partial charge on any atom is -0.396 e. The van der Waals surface area contributed by atoms with Gasteiger partial charge in [0.05, 0.1) is 5.69 Å². The van der Waals surface area contributed by atoms with Gasteiger partial charge in [0, 0.05) is 30.5 Å². The van der Waals surface area contributed by atoms with Crippen molar-refractivity contribution in [2.75, 3.05) is 24.6 Å². The lowest BCUT2D eigenvalue weighted by Crippen LogP contribution is -2.26. The number of aliphatic hydroxyl groups excluding tert-OH is 1. The lowest BCUT2D eigenvalue weighted by molar-refractivity contribution is 0.289. The predicted molar refractivity (Wildman–Crippen MR) is 73.9 cm³/mol. The summed E-state index contributed by atoms with van der Waals surface area (Å²) in [5.41, 5.74) is 0.951. The van der Waals surface area contributed by atoms with Gasteiger partial charge in [0.1, 0.15) is 0 Å². The molecule has 4 heteroatoms. The van der Waals surface area contributed by atoms with Crippen LogP contribution in [-0.2, 0) is 0 Å². The van der Waals surface area contributed by atoms with Crippen molar-refractivity contribution in [3.05, 3.63) is 30.0 Å². The van der Waals surface area contributed by atoms with Gasteiger partial charge in [-0.1, -0.05) is 24.3 Å². The summed E-state index contributed by atoms with van der Waals surface area (Å²) in [5.74, 6) is 0.909. The molecule has 96 valence electrons. The van der Waals surface area contributed by atoms with E-state index in [4.69, 9.17) is 5.11 Å². The molecule has 2 aromatic rings. The number of hydrogen-bond acceptors (Lipinski definition) is 4. The minimum atomic E-state index is 0.202. The summed E-state index contributed by atoms with van der Waals surface area (Å²) < 4.78 is 0. The van der Waals surface area contributed by atoms with E-state index in [0.717, 1.165) is 41.8 Å². The molecule has 1 heterocycles. The zero-order chi connectivity index (χ0) is 13.0. The Balaban J connectivity index is 2.46. The highest BCUT2D eigenvalue weighted by Gasteiger charge is 2.11. The van der Waals surface area contributed by atoms with Crippen LogP contribution < -0.4 is 4.90 Å². The summed E-state index contributed by atoms with van der Waals surface area (Å²) in [6, 6.07) is 8.19. The van der Waals surface area contributed by atoms with Crippen molar-refractivity contribution in [3.63, 3.8) is 0 Å². The molecule has 18 heavy (non-hydrogen) atoms. The van der Waals surface area contributed by atoms with Crippen molar-refractivity contribution >= 4 is 16.6 Å². The molecule has 0 amide bonds. The van der Waals surface area contributed by atoms with Crippen LogP contribution in [0.1, 0.15) is 19.0 Å². The second-order valence-electron chi connectivity index (χ2n) is 4.31. The highest BCUT2D eigenvalue weighted by molar-refractivity contribution is 5.93. The molecule has 0 fully saturated rings. The van der Waals surface area contributed by atoms with Gasteiger partial charge < -0.3 is 10.0 Å². The smallest absolute Gasteiger partial charge is 0.159 e. The van der Waals surface area contributed by atoms with Gasteiger partial charge in [-0.05, 0) is 20.3 Å². The van der Waals surface area contributed by atoms with Crippen molar-refractivity contribution in [2.24, 2.45) is 0 Å². The zero-order valence-corrected chi connectivity index (χ0v) is 10.9. The van der Waals surface area contributed by atoms with Crippen LogP contribution in [0.2, 0.25) is 0 Å². The number of fused-ring (bicyclic) bond motifs is 1. The number of aryl methyl sites for hydroxylation is 1. The summed E-state index contributed by atoms with van der Waals surface area (Å²) in [5, 5.41) is 19.8. The van der Waals surface area contributed by atoms with Crippen molar-refractivity contribution in [1.82, 2.24) is 10.2 Å². The lowest BCUT2D eigenvalue weighted by Gasteiger charge is -2.22.